The second-order valence-corrected chi connectivity index (χ2v) is 13.5. The van der Waals surface area contributed by atoms with E-state index in [1.807, 2.05) is 0 Å². The molecule has 0 unspecified atom stereocenters. The number of aromatic nitrogens is 1. The lowest BCUT2D eigenvalue weighted by atomic mass is 9.91. The first kappa shape index (κ1) is 30.2. The lowest BCUT2D eigenvalue weighted by Gasteiger charge is -2.23. The van der Waals surface area contributed by atoms with Crippen LogP contribution in [0.4, 0.5) is 0 Å². The summed E-state index contributed by atoms with van der Waals surface area (Å²) in [5.41, 5.74) is 17.8. The summed E-state index contributed by atoms with van der Waals surface area (Å²) in [4.78, 5) is 0. The summed E-state index contributed by atoms with van der Waals surface area (Å²) < 4.78 is 2.46. The highest BCUT2D eigenvalue weighted by Gasteiger charge is 2.21. The first-order valence-electron chi connectivity index (χ1n) is 18.0. The molecule has 3 aliphatic rings. The van der Waals surface area contributed by atoms with Gasteiger partial charge in [-0.25, -0.2) is 0 Å². The van der Waals surface area contributed by atoms with Crippen molar-refractivity contribution < 1.29 is 0 Å². The molecule has 3 aliphatic carbocycles. The van der Waals surface area contributed by atoms with Crippen LogP contribution in [-0.4, -0.2) is 4.57 Å². The maximum Gasteiger partial charge on any atom is 0.0538 e. The molecular formula is C48H40N2. The Morgan fingerprint density at radius 3 is 2.04 bits per heavy atom. The third kappa shape index (κ3) is 5.67. The van der Waals surface area contributed by atoms with Gasteiger partial charge in [-0.2, -0.15) is 0 Å². The van der Waals surface area contributed by atoms with Crippen LogP contribution in [0.1, 0.15) is 54.5 Å². The van der Waals surface area contributed by atoms with E-state index in [0.717, 1.165) is 38.5 Å². The molecule has 9 rings (SSSR count). The van der Waals surface area contributed by atoms with Gasteiger partial charge in [-0.1, -0.05) is 121 Å². The molecule has 6 aromatic rings. The lowest BCUT2D eigenvalue weighted by molar-refractivity contribution is 0.933. The Bertz CT molecular complexity index is 2380. The molecule has 50 heavy (non-hydrogen) atoms. The molecule has 0 bridgehead atoms. The van der Waals surface area contributed by atoms with Gasteiger partial charge in [0.05, 0.1) is 5.52 Å². The fourth-order valence-corrected chi connectivity index (χ4v) is 7.95. The Balaban J connectivity index is 1.09. The Hall–Kier alpha value is -5.86. The van der Waals surface area contributed by atoms with Gasteiger partial charge in [-0.3, -0.25) is 0 Å². The molecule has 0 atom stereocenters. The van der Waals surface area contributed by atoms with Gasteiger partial charge in [-0.05, 0) is 126 Å². The molecule has 2 nitrogen and oxygen atoms in total. The van der Waals surface area contributed by atoms with E-state index in [0.29, 0.717) is 0 Å². The summed E-state index contributed by atoms with van der Waals surface area (Å²) in [5, 5.41) is 5.23. The van der Waals surface area contributed by atoms with Gasteiger partial charge in [-0.15, -0.1) is 0 Å². The highest BCUT2D eigenvalue weighted by Crippen LogP contribution is 2.38. The highest BCUT2D eigenvalue weighted by molar-refractivity contribution is 5.94. The fraction of sp³-hybridized carbons (Fsp3) is 0.125. The second-order valence-electron chi connectivity index (χ2n) is 13.5. The Kier molecular flexibility index (Phi) is 7.99. The van der Waals surface area contributed by atoms with E-state index < -0.39 is 0 Å². The molecule has 1 heterocycles. The minimum absolute atomic E-state index is 1.02. The van der Waals surface area contributed by atoms with Crippen molar-refractivity contribution in [2.45, 2.75) is 38.5 Å². The zero-order valence-corrected chi connectivity index (χ0v) is 28.3. The minimum Gasteiger partial charge on any atom is -0.355 e. The minimum atomic E-state index is 1.02. The fourth-order valence-electron chi connectivity index (χ4n) is 7.95. The first-order valence-corrected chi connectivity index (χ1v) is 18.0. The van der Waals surface area contributed by atoms with Crippen LogP contribution in [-0.2, 0) is 6.42 Å². The van der Waals surface area contributed by atoms with Gasteiger partial charge in [0, 0.05) is 33.7 Å². The van der Waals surface area contributed by atoms with Crippen LogP contribution in [0.15, 0.2) is 169 Å². The van der Waals surface area contributed by atoms with E-state index in [-0.39, 0.29) is 0 Å². The number of hydrogen-bond acceptors (Lipinski definition) is 1. The molecule has 2 heteroatoms. The van der Waals surface area contributed by atoms with Crippen molar-refractivity contribution in [3.05, 3.63) is 192 Å². The molecule has 0 amide bonds. The number of allylic oxidation sites excluding steroid dienone is 7. The Morgan fingerprint density at radius 2 is 1.18 bits per heavy atom. The summed E-state index contributed by atoms with van der Waals surface area (Å²) in [6.45, 7) is 0. The molecule has 0 fully saturated rings. The molecule has 0 aliphatic heterocycles. The maximum absolute atomic E-state index is 3.88. The number of nitrogens with zero attached hydrogens (tertiary/aromatic N) is 1. The normalized spacial score (nSPS) is 15.5. The Labute approximate surface area is 295 Å². The van der Waals surface area contributed by atoms with Gasteiger partial charge in [0.25, 0.3) is 0 Å². The SMILES string of the molecule is C1=CC(NC2=CCCC=C2c2ccccc2)=C(c2cccc(-c3ccc4c(c3)c3c(n4-c4cccc(-c5ccccc5)c4)C=CCC3)c2)CC1. The summed E-state index contributed by atoms with van der Waals surface area (Å²) in [5.74, 6) is 0. The number of rotatable bonds is 7. The average Bonchev–Trinajstić information content (AvgIpc) is 3.53. The van der Waals surface area contributed by atoms with Crippen LogP contribution < -0.4 is 5.32 Å². The maximum atomic E-state index is 3.88. The molecule has 0 saturated carbocycles. The molecule has 1 aromatic heterocycles. The number of aryl methyl sites for hydroxylation is 1. The van der Waals surface area contributed by atoms with Crippen molar-refractivity contribution in [1.82, 2.24) is 9.88 Å². The molecule has 0 saturated heterocycles. The smallest absolute Gasteiger partial charge is 0.0538 e. The van der Waals surface area contributed by atoms with Crippen LogP contribution >= 0.6 is 0 Å². The molecule has 242 valence electrons. The predicted molar refractivity (Wildman–Crippen MR) is 212 cm³/mol. The van der Waals surface area contributed by atoms with Gasteiger partial charge in [0.2, 0.25) is 0 Å². The highest BCUT2D eigenvalue weighted by atomic mass is 15.0. The zero-order valence-electron chi connectivity index (χ0n) is 28.3. The van der Waals surface area contributed by atoms with E-state index in [2.05, 4.69) is 174 Å². The number of benzene rings is 5. The van der Waals surface area contributed by atoms with Crippen molar-refractivity contribution in [1.29, 1.82) is 0 Å². The standard InChI is InChI=1S/C48H40N2/c1-3-15-34(16-4-1)37-20-14-22-40(32-37)50-47-28-12-9-25-43(47)44-33-38(29-30-48(44)50)36-19-13-21-39(31-36)42-24-8-11-27-46(42)49-45-26-10-7-23-41(45)35-17-5-2-6-18-35/h1-6,11-23,26-33,49H,7-10,24-25H2. The van der Waals surface area contributed by atoms with Crippen molar-refractivity contribution in [3.8, 4) is 27.9 Å². The summed E-state index contributed by atoms with van der Waals surface area (Å²) in [6, 6.07) is 46.7. The van der Waals surface area contributed by atoms with Crippen LogP contribution in [0.3, 0.4) is 0 Å². The predicted octanol–water partition coefficient (Wildman–Crippen LogP) is 12.3. The first-order chi connectivity index (χ1) is 24.8. The molecule has 0 spiro atoms. The summed E-state index contributed by atoms with van der Waals surface area (Å²) in [7, 11) is 0. The van der Waals surface area contributed by atoms with Crippen molar-refractivity contribution in [2.75, 3.05) is 0 Å². The second kappa shape index (κ2) is 13.2. The number of hydrogen-bond donors (Lipinski definition) is 1. The third-order valence-electron chi connectivity index (χ3n) is 10.4. The number of fused-ring (bicyclic) bond motifs is 3. The van der Waals surface area contributed by atoms with Crippen molar-refractivity contribution in [2.24, 2.45) is 0 Å². The van der Waals surface area contributed by atoms with E-state index in [9.17, 15) is 0 Å². The number of nitrogens with one attached hydrogen (secondary N) is 1. The van der Waals surface area contributed by atoms with Gasteiger partial charge >= 0.3 is 0 Å². The zero-order chi connectivity index (χ0) is 33.3. The van der Waals surface area contributed by atoms with Crippen molar-refractivity contribution in [3.63, 3.8) is 0 Å². The van der Waals surface area contributed by atoms with E-state index in [4.69, 9.17) is 0 Å². The molecule has 5 aromatic carbocycles. The quantitative estimate of drug-likeness (QED) is 0.183. The van der Waals surface area contributed by atoms with Crippen LogP contribution in [0.25, 0.3) is 56.1 Å². The largest absolute Gasteiger partial charge is 0.355 e. The monoisotopic (exact) mass is 644 g/mol. The summed E-state index contributed by atoms with van der Waals surface area (Å²) in [6.07, 6.45) is 20.3. The van der Waals surface area contributed by atoms with Crippen LogP contribution in [0, 0.1) is 0 Å². The van der Waals surface area contributed by atoms with Crippen LogP contribution in [0.5, 0.6) is 0 Å². The lowest BCUT2D eigenvalue weighted by Crippen LogP contribution is -2.17. The van der Waals surface area contributed by atoms with E-state index in [1.54, 1.807) is 0 Å². The van der Waals surface area contributed by atoms with E-state index >= 15 is 0 Å². The Morgan fingerprint density at radius 1 is 0.500 bits per heavy atom. The third-order valence-corrected chi connectivity index (χ3v) is 10.4. The summed E-state index contributed by atoms with van der Waals surface area (Å²) >= 11 is 0. The average molecular weight is 645 g/mol. The van der Waals surface area contributed by atoms with Crippen molar-refractivity contribution >= 4 is 28.1 Å². The molecule has 1 N–H and O–H groups in total. The van der Waals surface area contributed by atoms with Gasteiger partial charge in [0.1, 0.15) is 0 Å². The molecule has 0 radical (unpaired) electrons. The topological polar surface area (TPSA) is 17.0 Å². The van der Waals surface area contributed by atoms with Crippen LogP contribution in [0.2, 0.25) is 0 Å². The van der Waals surface area contributed by atoms with Gasteiger partial charge in [0.15, 0.2) is 0 Å². The van der Waals surface area contributed by atoms with E-state index in [1.165, 1.54) is 83.8 Å². The van der Waals surface area contributed by atoms with Gasteiger partial charge < -0.3 is 9.88 Å². The molecular weight excluding hydrogens is 605 g/mol.